The molecule has 24 heavy (non-hydrogen) atoms. The lowest BCUT2D eigenvalue weighted by Gasteiger charge is -2.24. The fourth-order valence-electron chi connectivity index (χ4n) is 2.01. The van der Waals surface area contributed by atoms with Crippen LogP contribution in [0, 0.1) is 5.92 Å². The van der Waals surface area contributed by atoms with E-state index in [1.54, 1.807) is 0 Å². The van der Waals surface area contributed by atoms with Crippen LogP contribution in [-0.4, -0.2) is 45.7 Å². The molecule has 0 saturated carbocycles. The van der Waals surface area contributed by atoms with Crippen LogP contribution in [0.3, 0.4) is 0 Å². The first kappa shape index (κ1) is 17.4. The van der Waals surface area contributed by atoms with Gasteiger partial charge in [0.05, 0.1) is 0 Å². The number of carbonyl (C=O) groups excluding carboxylic acids is 2. The van der Waals surface area contributed by atoms with Crippen molar-refractivity contribution in [1.29, 1.82) is 0 Å². The number of carbonyl (C=O) groups is 2. The topological polar surface area (TPSA) is 113 Å². The van der Waals surface area contributed by atoms with Crippen molar-refractivity contribution in [3.05, 3.63) is 35.9 Å². The molecule has 0 unspecified atom stereocenters. The third kappa shape index (κ3) is 4.51. The standard InChI is InChI=1S/C15H20N6O3/c1-10(2)12(13(22)21(3)14-17-19-20-18-14)16-15(23)24-9-11-7-5-4-6-8-11/h4-8,10,12H,9H2,1-3H3,(H,16,23)(H,17,18,19,20)/t12-/m0/s1. The summed E-state index contributed by atoms with van der Waals surface area (Å²) >= 11 is 0. The van der Waals surface area contributed by atoms with E-state index in [4.69, 9.17) is 4.74 Å². The van der Waals surface area contributed by atoms with Gasteiger partial charge in [-0.05, 0) is 16.7 Å². The van der Waals surface area contributed by atoms with Gasteiger partial charge in [-0.25, -0.2) is 4.79 Å². The first-order valence-electron chi connectivity index (χ1n) is 7.47. The van der Waals surface area contributed by atoms with E-state index < -0.39 is 12.1 Å². The zero-order chi connectivity index (χ0) is 17.5. The summed E-state index contributed by atoms with van der Waals surface area (Å²) in [6, 6.07) is 8.53. The minimum atomic E-state index is -0.767. The van der Waals surface area contributed by atoms with E-state index >= 15 is 0 Å². The van der Waals surface area contributed by atoms with Gasteiger partial charge in [0.25, 0.3) is 11.9 Å². The van der Waals surface area contributed by atoms with Gasteiger partial charge >= 0.3 is 6.09 Å². The fraction of sp³-hybridized carbons (Fsp3) is 0.400. The molecule has 0 aliphatic carbocycles. The average Bonchev–Trinajstić information content (AvgIpc) is 3.11. The number of aromatic amines is 1. The molecule has 1 aromatic carbocycles. The number of ether oxygens (including phenoxy) is 1. The second kappa shape index (κ2) is 8.04. The minimum absolute atomic E-state index is 0.130. The van der Waals surface area contributed by atoms with E-state index in [2.05, 4.69) is 25.9 Å². The zero-order valence-corrected chi connectivity index (χ0v) is 13.8. The average molecular weight is 332 g/mol. The lowest BCUT2D eigenvalue weighted by Crippen LogP contribution is -2.50. The van der Waals surface area contributed by atoms with Gasteiger partial charge in [-0.3, -0.25) is 9.69 Å². The maximum atomic E-state index is 12.5. The highest BCUT2D eigenvalue weighted by molar-refractivity contribution is 5.97. The summed E-state index contributed by atoms with van der Waals surface area (Å²) in [5.74, 6) is -0.371. The molecule has 0 aliphatic heterocycles. The van der Waals surface area contributed by atoms with Gasteiger partial charge < -0.3 is 10.1 Å². The highest BCUT2D eigenvalue weighted by Gasteiger charge is 2.29. The summed E-state index contributed by atoms with van der Waals surface area (Å²) in [4.78, 5) is 25.7. The second-order valence-electron chi connectivity index (χ2n) is 5.54. The van der Waals surface area contributed by atoms with Crippen molar-refractivity contribution in [3.63, 3.8) is 0 Å². The molecule has 0 saturated heterocycles. The van der Waals surface area contributed by atoms with Gasteiger partial charge in [0, 0.05) is 7.05 Å². The molecule has 2 rings (SSSR count). The van der Waals surface area contributed by atoms with Crippen LogP contribution >= 0.6 is 0 Å². The van der Waals surface area contributed by atoms with E-state index in [0.717, 1.165) is 5.56 Å². The molecule has 128 valence electrons. The summed E-state index contributed by atoms with van der Waals surface area (Å²) in [5, 5.41) is 15.8. The normalized spacial score (nSPS) is 11.8. The number of alkyl carbamates (subject to hydrolysis) is 1. The summed E-state index contributed by atoms with van der Waals surface area (Å²) in [6.45, 7) is 3.78. The molecule has 0 spiro atoms. The molecule has 1 aromatic heterocycles. The molecule has 2 amide bonds. The van der Waals surface area contributed by atoms with Gasteiger partial charge in [-0.1, -0.05) is 49.3 Å². The predicted octanol–water partition coefficient (Wildman–Crippen LogP) is 1.11. The van der Waals surface area contributed by atoms with Crippen LogP contribution < -0.4 is 10.2 Å². The monoisotopic (exact) mass is 332 g/mol. The van der Waals surface area contributed by atoms with Crippen LogP contribution in [0.5, 0.6) is 0 Å². The Labute approximate surface area is 139 Å². The maximum Gasteiger partial charge on any atom is 0.408 e. The van der Waals surface area contributed by atoms with Crippen molar-refractivity contribution < 1.29 is 14.3 Å². The first-order chi connectivity index (χ1) is 11.5. The number of rotatable bonds is 6. The molecule has 0 aliphatic rings. The number of nitrogens with zero attached hydrogens (tertiary/aromatic N) is 4. The third-order valence-corrected chi connectivity index (χ3v) is 3.38. The van der Waals surface area contributed by atoms with Crippen molar-refractivity contribution in [2.75, 3.05) is 11.9 Å². The van der Waals surface area contributed by atoms with Gasteiger partial charge in [0.2, 0.25) is 0 Å². The van der Waals surface area contributed by atoms with Crippen LogP contribution in [0.2, 0.25) is 0 Å². The number of benzene rings is 1. The maximum absolute atomic E-state index is 12.5. The number of nitrogens with one attached hydrogen (secondary N) is 2. The quantitative estimate of drug-likeness (QED) is 0.819. The summed E-state index contributed by atoms with van der Waals surface area (Å²) in [5.41, 5.74) is 0.865. The number of hydrogen-bond donors (Lipinski definition) is 2. The fourth-order valence-corrected chi connectivity index (χ4v) is 2.01. The Morgan fingerprint density at radius 2 is 2.00 bits per heavy atom. The van der Waals surface area contributed by atoms with Crippen molar-refractivity contribution in [1.82, 2.24) is 25.9 Å². The summed E-state index contributed by atoms with van der Waals surface area (Å²) in [7, 11) is 1.51. The highest BCUT2D eigenvalue weighted by atomic mass is 16.5. The number of amides is 2. The minimum Gasteiger partial charge on any atom is -0.445 e. The van der Waals surface area contributed by atoms with E-state index in [1.165, 1.54) is 11.9 Å². The zero-order valence-electron chi connectivity index (χ0n) is 13.8. The van der Waals surface area contributed by atoms with Crippen molar-refractivity contribution in [2.45, 2.75) is 26.5 Å². The van der Waals surface area contributed by atoms with Gasteiger partial charge in [0.15, 0.2) is 0 Å². The molecule has 1 heterocycles. The number of anilines is 1. The largest absolute Gasteiger partial charge is 0.445 e. The Hall–Kier alpha value is -2.97. The number of hydrogen-bond acceptors (Lipinski definition) is 6. The summed E-state index contributed by atoms with van der Waals surface area (Å²) in [6.07, 6.45) is -0.660. The molecule has 9 nitrogen and oxygen atoms in total. The number of likely N-dealkylation sites (N-methyl/N-ethyl adjacent to an activating group) is 1. The van der Waals surface area contributed by atoms with Crippen LogP contribution in [0.4, 0.5) is 10.7 Å². The van der Waals surface area contributed by atoms with Crippen molar-refractivity contribution in [2.24, 2.45) is 5.92 Å². The SMILES string of the molecule is CC(C)[C@H](NC(=O)OCc1ccccc1)C(=O)N(C)c1nn[nH]n1. The Balaban J connectivity index is 1.95. The summed E-state index contributed by atoms with van der Waals surface area (Å²) < 4.78 is 5.16. The van der Waals surface area contributed by atoms with Crippen LogP contribution in [0.25, 0.3) is 0 Å². The Morgan fingerprint density at radius 1 is 1.29 bits per heavy atom. The number of tetrazole rings is 1. The van der Waals surface area contributed by atoms with Crippen molar-refractivity contribution in [3.8, 4) is 0 Å². The van der Waals surface area contributed by atoms with E-state index in [9.17, 15) is 9.59 Å². The molecule has 2 aromatic rings. The molecule has 0 bridgehead atoms. The second-order valence-corrected chi connectivity index (χ2v) is 5.54. The molecule has 0 fully saturated rings. The van der Waals surface area contributed by atoms with E-state index in [1.807, 2.05) is 44.2 Å². The predicted molar refractivity (Wildman–Crippen MR) is 86.0 cm³/mol. The van der Waals surface area contributed by atoms with E-state index in [-0.39, 0.29) is 24.4 Å². The Morgan fingerprint density at radius 3 is 2.58 bits per heavy atom. The van der Waals surface area contributed by atoms with Gasteiger partial charge in [0.1, 0.15) is 12.6 Å². The van der Waals surface area contributed by atoms with E-state index in [0.29, 0.717) is 0 Å². The first-order valence-corrected chi connectivity index (χ1v) is 7.47. The lowest BCUT2D eigenvalue weighted by atomic mass is 10.0. The molecule has 1 atom stereocenters. The number of aromatic nitrogens is 4. The van der Waals surface area contributed by atoms with Gasteiger partial charge in [-0.15, -0.1) is 5.10 Å². The highest BCUT2D eigenvalue weighted by Crippen LogP contribution is 2.10. The van der Waals surface area contributed by atoms with Crippen molar-refractivity contribution >= 4 is 17.9 Å². The third-order valence-electron chi connectivity index (χ3n) is 3.38. The molecule has 9 heteroatoms. The Kier molecular flexibility index (Phi) is 5.83. The van der Waals surface area contributed by atoms with Crippen LogP contribution in [0.1, 0.15) is 19.4 Å². The van der Waals surface area contributed by atoms with Gasteiger partial charge in [-0.2, -0.15) is 5.21 Å². The number of H-pyrrole nitrogens is 1. The van der Waals surface area contributed by atoms with Crippen LogP contribution in [0.15, 0.2) is 30.3 Å². The smallest absolute Gasteiger partial charge is 0.408 e. The van der Waals surface area contributed by atoms with Crippen LogP contribution in [-0.2, 0) is 16.1 Å². The lowest BCUT2D eigenvalue weighted by molar-refractivity contribution is -0.121. The molecular formula is C15H20N6O3. The Bertz CT molecular complexity index is 659. The molecule has 2 N–H and O–H groups in total. The molecule has 0 radical (unpaired) electrons. The molecular weight excluding hydrogens is 312 g/mol.